The number of hydrogen-bond acceptors (Lipinski definition) is 6. The van der Waals surface area contributed by atoms with Gasteiger partial charge in [0, 0.05) is 32.6 Å². The Morgan fingerprint density at radius 3 is 2.67 bits per heavy atom. The van der Waals surface area contributed by atoms with Crippen LogP contribution in [0, 0.1) is 30.1 Å². The first kappa shape index (κ1) is 32.5. The molecular weight excluding hydrogens is 663 g/mol. The third kappa shape index (κ3) is 5.40. The number of benzene rings is 1. The van der Waals surface area contributed by atoms with Gasteiger partial charge in [0.1, 0.15) is 15.4 Å². The number of thiocarbonyl (C=S) groups is 1. The molecule has 4 atom stereocenters. The number of rotatable bonds is 5. The summed E-state index contributed by atoms with van der Waals surface area (Å²) in [5.41, 5.74) is 10.1. The van der Waals surface area contributed by atoms with Gasteiger partial charge < -0.3 is 5.32 Å². The van der Waals surface area contributed by atoms with Crippen molar-refractivity contribution in [3.8, 4) is 10.4 Å². The highest BCUT2D eigenvalue weighted by Crippen LogP contribution is 2.62. The molecule has 0 unspecified atom stereocenters. The van der Waals surface area contributed by atoms with Gasteiger partial charge in [-0.3, -0.25) is 10.2 Å². The van der Waals surface area contributed by atoms with Crippen molar-refractivity contribution in [2.45, 2.75) is 78.6 Å². The highest BCUT2D eigenvalue weighted by Gasteiger charge is 2.55. The minimum atomic E-state index is -0.172. The van der Waals surface area contributed by atoms with Crippen LogP contribution in [0.4, 0.5) is 5.69 Å². The number of aromatic nitrogens is 3. The van der Waals surface area contributed by atoms with Crippen LogP contribution < -0.4 is 16.3 Å². The number of pyridine rings is 1. The maximum absolute atomic E-state index is 14.1. The van der Waals surface area contributed by atoms with E-state index in [-0.39, 0.29) is 16.4 Å². The molecule has 252 valence electrons. The quantitative estimate of drug-likeness (QED) is 0.177. The third-order valence-corrected chi connectivity index (χ3v) is 14.0. The molecule has 1 aromatic carbocycles. The van der Waals surface area contributed by atoms with Crippen LogP contribution in [0.5, 0.6) is 0 Å². The molecule has 4 aromatic heterocycles. The summed E-state index contributed by atoms with van der Waals surface area (Å²) in [6.45, 7) is 11.6. The van der Waals surface area contributed by atoms with Crippen molar-refractivity contribution in [1.29, 1.82) is 0 Å². The van der Waals surface area contributed by atoms with Gasteiger partial charge in [0.2, 0.25) is 0 Å². The number of anilines is 1. The molecule has 5 aromatic rings. The predicted molar refractivity (Wildman–Crippen MR) is 210 cm³/mol. The molecule has 2 N–H and O–H groups in total. The molecule has 9 heteroatoms. The monoisotopic (exact) mass is 705 g/mol. The summed E-state index contributed by atoms with van der Waals surface area (Å²) in [5.74, 6) is 2.24. The van der Waals surface area contributed by atoms with Gasteiger partial charge in [-0.25, -0.2) is 14.6 Å². The van der Waals surface area contributed by atoms with E-state index >= 15 is 0 Å². The second-order valence-electron chi connectivity index (χ2n) is 15.0. The molecule has 3 aliphatic rings. The summed E-state index contributed by atoms with van der Waals surface area (Å²) in [7, 11) is 0. The molecule has 8 rings (SSSR count). The van der Waals surface area contributed by atoms with E-state index < -0.39 is 0 Å². The third-order valence-electron chi connectivity index (χ3n) is 11.8. The van der Waals surface area contributed by atoms with Crippen LogP contribution >= 0.6 is 34.9 Å². The van der Waals surface area contributed by atoms with E-state index in [9.17, 15) is 4.79 Å². The van der Waals surface area contributed by atoms with E-state index in [1.807, 2.05) is 37.3 Å². The van der Waals surface area contributed by atoms with Gasteiger partial charge >= 0.3 is 0 Å². The van der Waals surface area contributed by atoms with Crippen molar-refractivity contribution in [2.75, 3.05) is 10.7 Å². The molecule has 0 spiro atoms. The fraction of sp³-hybridized carbons (Fsp3) is 0.400. The molecule has 6 nitrogen and oxygen atoms in total. The van der Waals surface area contributed by atoms with Crippen LogP contribution in [-0.2, 0) is 5.41 Å². The first-order valence-electron chi connectivity index (χ1n) is 17.5. The number of aryl methyl sites for hydroxylation is 1. The van der Waals surface area contributed by atoms with Gasteiger partial charge in [0.15, 0.2) is 5.11 Å². The average molecular weight is 706 g/mol. The van der Waals surface area contributed by atoms with Crippen LogP contribution in [0.2, 0.25) is 0 Å². The summed E-state index contributed by atoms with van der Waals surface area (Å²) in [4.78, 5) is 26.7. The second kappa shape index (κ2) is 12.3. The molecule has 1 saturated carbocycles. The van der Waals surface area contributed by atoms with Gasteiger partial charge in [0.05, 0.1) is 5.52 Å². The van der Waals surface area contributed by atoms with Gasteiger partial charge in [-0.15, -0.1) is 22.7 Å². The predicted octanol–water partition coefficient (Wildman–Crippen LogP) is 10.4. The standard InChI is InChI=1S/C40H43N5OS3/c1-23(2)25-14-16-29-26(21-25)15-17-31-39(29,4)18-10-19-40(31,5)32-22-28(30-13-9-20-48-30)33-34-35(49-36(33)43-32)37(46)45(24(3)41-34)44-38(47)42-27-11-7-6-8-12-27/h6-9,11-13,15,20-23,29,31H,10,14,16-19H2,1-5H3,(H2,42,44,47)/t29-,31+,39+,40+/m0/s1. The van der Waals surface area contributed by atoms with Crippen molar-refractivity contribution in [3.05, 3.63) is 99.1 Å². The molecule has 0 radical (unpaired) electrons. The van der Waals surface area contributed by atoms with Crippen molar-refractivity contribution in [2.24, 2.45) is 23.2 Å². The second-order valence-corrected chi connectivity index (χ2v) is 17.3. The molecule has 0 amide bonds. The SMILES string of the molecule is Cc1nc2c(sc3nc([C@]4(C)CCC[C@@]5(C)[C@H]4CC=C4C=C(C(C)C)CC[C@@H]45)cc(-c4cccs4)c32)c(=O)n1NC(=S)Nc1ccccc1. The number of thiophene rings is 2. The first-order valence-corrected chi connectivity index (χ1v) is 19.6. The topological polar surface area (TPSA) is 71.8 Å². The number of nitrogens with zero attached hydrogens (tertiary/aromatic N) is 3. The maximum Gasteiger partial charge on any atom is 0.290 e. The minimum absolute atomic E-state index is 0.0894. The molecule has 49 heavy (non-hydrogen) atoms. The zero-order chi connectivity index (χ0) is 34.1. The Labute approximate surface area is 301 Å². The molecular formula is C40H43N5OS3. The van der Waals surface area contributed by atoms with E-state index in [2.05, 4.69) is 74.2 Å². The van der Waals surface area contributed by atoms with Crippen LogP contribution in [0.15, 0.2) is 82.0 Å². The van der Waals surface area contributed by atoms with Crippen molar-refractivity contribution in [3.63, 3.8) is 0 Å². The summed E-state index contributed by atoms with van der Waals surface area (Å²) in [5, 5.41) is 6.58. The Balaban J connectivity index is 1.24. The lowest BCUT2D eigenvalue weighted by Gasteiger charge is -2.58. The lowest BCUT2D eigenvalue weighted by molar-refractivity contribution is -0.0104. The molecule has 0 aliphatic heterocycles. The summed E-state index contributed by atoms with van der Waals surface area (Å²) >= 11 is 8.77. The highest BCUT2D eigenvalue weighted by molar-refractivity contribution is 7.80. The lowest BCUT2D eigenvalue weighted by Crippen LogP contribution is -2.52. The Morgan fingerprint density at radius 1 is 1.10 bits per heavy atom. The largest absolute Gasteiger partial charge is 0.331 e. The molecule has 0 bridgehead atoms. The number of para-hydroxylation sites is 1. The fourth-order valence-corrected chi connectivity index (χ4v) is 11.3. The highest BCUT2D eigenvalue weighted by atomic mass is 32.1. The van der Waals surface area contributed by atoms with E-state index in [1.54, 1.807) is 22.5 Å². The first-order chi connectivity index (χ1) is 23.6. The Kier molecular flexibility index (Phi) is 8.16. The van der Waals surface area contributed by atoms with Gasteiger partial charge in [0.25, 0.3) is 5.56 Å². The number of allylic oxidation sites excluding steroid dienone is 4. The molecule has 3 aliphatic carbocycles. The maximum atomic E-state index is 14.1. The number of nitrogens with one attached hydrogen (secondary N) is 2. The van der Waals surface area contributed by atoms with E-state index in [1.165, 1.54) is 46.6 Å². The minimum Gasteiger partial charge on any atom is -0.331 e. The van der Waals surface area contributed by atoms with Crippen LogP contribution in [-0.4, -0.2) is 19.8 Å². The summed E-state index contributed by atoms with van der Waals surface area (Å²) in [6, 6.07) is 16.3. The molecule has 1 fully saturated rings. The zero-order valence-electron chi connectivity index (χ0n) is 28.8. The molecule has 0 saturated heterocycles. The number of fused-ring (bicyclic) bond motifs is 6. The van der Waals surface area contributed by atoms with Crippen LogP contribution in [0.3, 0.4) is 0 Å². The lowest BCUT2D eigenvalue weighted by atomic mass is 9.46. The van der Waals surface area contributed by atoms with E-state index in [4.69, 9.17) is 22.2 Å². The smallest absolute Gasteiger partial charge is 0.290 e. The Morgan fingerprint density at radius 2 is 1.92 bits per heavy atom. The van der Waals surface area contributed by atoms with E-state index in [0.29, 0.717) is 38.9 Å². The molecule has 4 heterocycles. The van der Waals surface area contributed by atoms with Gasteiger partial charge in [-0.05, 0) is 110 Å². The van der Waals surface area contributed by atoms with Crippen molar-refractivity contribution < 1.29 is 0 Å². The summed E-state index contributed by atoms with van der Waals surface area (Å²) in [6.07, 6.45) is 12.2. The normalized spacial score (nSPS) is 25.1. The average Bonchev–Trinajstić information content (AvgIpc) is 3.75. The number of hydrogen-bond donors (Lipinski definition) is 2. The zero-order valence-corrected chi connectivity index (χ0v) is 31.2. The van der Waals surface area contributed by atoms with Crippen molar-refractivity contribution in [1.82, 2.24) is 14.6 Å². The van der Waals surface area contributed by atoms with E-state index in [0.717, 1.165) is 40.0 Å². The van der Waals surface area contributed by atoms with Crippen molar-refractivity contribution >= 4 is 66.1 Å². The summed E-state index contributed by atoms with van der Waals surface area (Å²) < 4.78 is 2.03. The Bertz CT molecular complexity index is 2210. The van der Waals surface area contributed by atoms with Crippen LogP contribution in [0.25, 0.3) is 30.9 Å². The van der Waals surface area contributed by atoms with Gasteiger partial charge in [-0.1, -0.05) is 76.1 Å². The van der Waals surface area contributed by atoms with Gasteiger partial charge in [-0.2, -0.15) is 0 Å². The Hall–Kier alpha value is -3.66. The van der Waals surface area contributed by atoms with Crippen LogP contribution in [0.1, 0.15) is 77.7 Å². The fourth-order valence-electron chi connectivity index (χ4n) is 9.28.